The largest absolute Gasteiger partial charge is 0.481 e. The molecule has 1 aromatic heterocycles. The average Bonchev–Trinajstić information content (AvgIpc) is 3.16. The molecule has 33 heavy (non-hydrogen) atoms. The molecular weight excluding hydrogens is 410 g/mol. The molecule has 0 bridgehead atoms. The van der Waals surface area contributed by atoms with E-state index < -0.39 is 5.60 Å². The van der Waals surface area contributed by atoms with E-state index in [0.29, 0.717) is 23.0 Å². The molecule has 1 N–H and O–H groups in total. The fraction of sp³-hybridized carbons (Fsp3) is 0.724. The van der Waals surface area contributed by atoms with Gasteiger partial charge in [-0.1, -0.05) is 25.7 Å². The lowest BCUT2D eigenvalue weighted by Gasteiger charge is -2.61. The van der Waals surface area contributed by atoms with Crippen molar-refractivity contribution in [3.8, 4) is 17.6 Å². The molecule has 4 nitrogen and oxygen atoms in total. The monoisotopic (exact) mass is 449 g/mol. The second-order valence-electron chi connectivity index (χ2n) is 12.0. The Balaban J connectivity index is 1.26. The molecule has 4 heteroatoms. The summed E-state index contributed by atoms with van der Waals surface area (Å²) in [4.78, 5) is 16.4. The molecule has 0 saturated heterocycles. The van der Waals surface area contributed by atoms with Gasteiger partial charge in [-0.05, 0) is 111 Å². The number of hydrogen-bond acceptors (Lipinski definition) is 4. The van der Waals surface area contributed by atoms with Gasteiger partial charge in [0.25, 0.3) is 0 Å². The van der Waals surface area contributed by atoms with E-state index >= 15 is 0 Å². The van der Waals surface area contributed by atoms with Crippen molar-refractivity contribution in [3.63, 3.8) is 0 Å². The van der Waals surface area contributed by atoms with Crippen LogP contribution in [0, 0.1) is 52.3 Å². The number of rotatable bonds is 3. The second kappa shape index (κ2) is 8.42. The van der Waals surface area contributed by atoms with E-state index in [4.69, 9.17) is 4.74 Å². The summed E-state index contributed by atoms with van der Waals surface area (Å²) in [7, 11) is 0. The minimum Gasteiger partial charge on any atom is -0.481 e. The lowest BCUT2D eigenvalue weighted by atomic mass is 9.44. The van der Waals surface area contributed by atoms with Crippen molar-refractivity contribution in [3.05, 3.63) is 24.5 Å². The van der Waals surface area contributed by atoms with Gasteiger partial charge in [0.05, 0.1) is 0 Å². The van der Waals surface area contributed by atoms with Crippen LogP contribution in [0.4, 0.5) is 0 Å². The first kappa shape index (κ1) is 22.9. The van der Waals surface area contributed by atoms with Gasteiger partial charge in [-0.2, -0.15) is 0 Å². The number of fused-ring (bicyclic) bond motifs is 5. The van der Waals surface area contributed by atoms with Gasteiger partial charge in [-0.3, -0.25) is 9.78 Å². The first-order valence-electron chi connectivity index (χ1n) is 13.0. The molecule has 0 spiro atoms. The van der Waals surface area contributed by atoms with Crippen LogP contribution >= 0.6 is 0 Å². The van der Waals surface area contributed by atoms with Gasteiger partial charge in [0, 0.05) is 18.3 Å². The summed E-state index contributed by atoms with van der Waals surface area (Å²) in [5.74, 6) is 10.4. The Labute approximate surface area is 198 Å². The molecule has 0 amide bonds. The Morgan fingerprint density at radius 1 is 1.06 bits per heavy atom. The lowest BCUT2D eigenvalue weighted by Crippen LogP contribution is -2.56. The smallest absolute Gasteiger partial charge is 0.149 e. The Bertz CT molecular complexity index is 951. The number of pyridine rings is 1. The first-order chi connectivity index (χ1) is 15.8. The summed E-state index contributed by atoms with van der Waals surface area (Å²) in [6, 6.07) is 3.64. The zero-order chi connectivity index (χ0) is 23.3. The molecule has 0 unspecified atom stereocenters. The summed E-state index contributed by atoms with van der Waals surface area (Å²) < 4.78 is 5.67. The van der Waals surface area contributed by atoms with E-state index in [9.17, 15) is 9.90 Å². The molecule has 178 valence electrons. The molecule has 8 atom stereocenters. The van der Waals surface area contributed by atoms with Crippen molar-refractivity contribution < 1.29 is 14.6 Å². The van der Waals surface area contributed by atoms with Crippen molar-refractivity contribution >= 4 is 5.78 Å². The maximum atomic E-state index is 12.4. The van der Waals surface area contributed by atoms with Gasteiger partial charge in [0.1, 0.15) is 23.7 Å². The van der Waals surface area contributed by atoms with Crippen LogP contribution in [-0.4, -0.2) is 28.1 Å². The van der Waals surface area contributed by atoms with Gasteiger partial charge < -0.3 is 9.84 Å². The maximum absolute atomic E-state index is 12.4. The third kappa shape index (κ3) is 3.91. The predicted molar refractivity (Wildman–Crippen MR) is 128 cm³/mol. The van der Waals surface area contributed by atoms with E-state index in [1.165, 1.54) is 32.1 Å². The fourth-order valence-electron chi connectivity index (χ4n) is 8.78. The van der Waals surface area contributed by atoms with Crippen molar-refractivity contribution in [2.24, 2.45) is 40.4 Å². The van der Waals surface area contributed by atoms with Gasteiger partial charge in [0.15, 0.2) is 0 Å². The number of carbonyl (C=O) groups excluding carboxylic acids is 1. The van der Waals surface area contributed by atoms with Crippen molar-refractivity contribution in [2.75, 3.05) is 6.61 Å². The molecule has 1 aromatic rings. The highest BCUT2D eigenvalue weighted by atomic mass is 16.5. The van der Waals surface area contributed by atoms with E-state index in [0.717, 1.165) is 43.3 Å². The standard InChI is InChI=1S/C29H39NO3/c1-20(31)24-7-8-25-23-6-5-21-19-29(32,12-4-18-33-22-10-16-30-17-11-22)15-14-27(21,2)26(23)9-13-28(24,25)3/h10-11,16-17,21,23-26,32H,5-9,13-15,18-19H2,1-3H3/t21-,23+,24-,25+,26+,27+,28-,29-/m1/s1. The molecule has 0 aliphatic heterocycles. The van der Waals surface area contributed by atoms with Gasteiger partial charge in [0.2, 0.25) is 0 Å². The summed E-state index contributed by atoms with van der Waals surface area (Å²) in [5, 5.41) is 11.3. The average molecular weight is 450 g/mol. The zero-order valence-corrected chi connectivity index (χ0v) is 20.5. The first-order valence-corrected chi connectivity index (χ1v) is 13.0. The molecule has 4 aliphatic rings. The summed E-state index contributed by atoms with van der Waals surface area (Å²) in [6.45, 7) is 7.03. The fourth-order valence-corrected chi connectivity index (χ4v) is 8.78. The molecule has 4 fully saturated rings. The third-order valence-electron chi connectivity index (χ3n) is 10.5. The van der Waals surface area contributed by atoms with Gasteiger partial charge in [-0.15, -0.1) is 0 Å². The SMILES string of the molecule is CC(=O)[C@H]1CC[C@H]2[C@@H]3CC[C@@H]4C[C@@](O)(C#CCOc5ccncc5)CC[C@]4(C)[C@H]3CC[C@]12C. The summed E-state index contributed by atoms with van der Waals surface area (Å²) >= 11 is 0. The highest BCUT2D eigenvalue weighted by Crippen LogP contribution is 2.68. The Hall–Kier alpha value is -1.86. The molecule has 1 heterocycles. The maximum Gasteiger partial charge on any atom is 0.149 e. The highest BCUT2D eigenvalue weighted by Gasteiger charge is 2.61. The minimum absolute atomic E-state index is 0.214. The molecule has 0 aromatic carbocycles. The van der Waals surface area contributed by atoms with Crippen LogP contribution in [0.5, 0.6) is 5.75 Å². The molecule has 4 saturated carbocycles. The van der Waals surface area contributed by atoms with Crippen molar-refractivity contribution in [1.82, 2.24) is 4.98 Å². The van der Waals surface area contributed by atoms with Crippen LogP contribution in [0.2, 0.25) is 0 Å². The second-order valence-corrected chi connectivity index (χ2v) is 12.0. The number of aliphatic hydroxyl groups is 1. The topological polar surface area (TPSA) is 59.4 Å². The molecular formula is C29H39NO3. The molecule has 5 rings (SSSR count). The molecule has 0 radical (unpaired) electrons. The number of ether oxygens (including phenoxy) is 1. The predicted octanol–water partition coefficient (Wildman–Crippen LogP) is 5.44. The quantitative estimate of drug-likeness (QED) is 0.624. The van der Waals surface area contributed by atoms with Crippen LogP contribution in [-0.2, 0) is 4.79 Å². The van der Waals surface area contributed by atoms with Crippen LogP contribution in [0.1, 0.15) is 78.6 Å². The summed E-state index contributed by atoms with van der Waals surface area (Å²) in [5.41, 5.74) is -0.388. The third-order valence-corrected chi connectivity index (χ3v) is 10.5. The van der Waals surface area contributed by atoms with Crippen LogP contribution in [0.15, 0.2) is 24.5 Å². The normalized spacial score (nSPS) is 43.9. The van der Waals surface area contributed by atoms with E-state index in [2.05, 4.69) is 30.7 Å². The van der Waals surface area contributed by atoms with Crippen molar-refractivity contribution in [1.29, 1.82) is 0 Å². The number of Topliss-reactive ketones (excluding diaryl/α,β-unsaturated/α-hetero) is 1. The Morgan fingerprint density at radius 3 is 2.58 bits per heavy atom. The van der Waals surface area contributed by atoms with E-state index in [-0.39, 0.29) is 17.9 Å². The van der Waals surface area contributed by atoms with Crippen LogP contribution < -0.4 is 4.74 Å². The zero-order valence-electron chi connectivity index (χ0n) is 20.5. The van der Waals surface area contributed by atoms with E-state index in [1.807, 2.05) is 19.1 Å². The van der Waals surface area contributed by atoms with E-state index in [1.54, 1.807) is 12.4 Å². The Kier molecular flexibility index (Phi) is 5.84. The van der Waals surface area contributed by atoms with Crippen molar-refractivity contribution in [2.45, 2.75) is 84.2 Å². The molecule has 4 aliphatic carbocycles. The van der Waals surface area contributed by atoms with Gasteiger partial charge in [-0.25, -0.2) is 0 Å². The van der Waals surface area contributed by atoms with Gasteiger partial charge >= 0.3 is 0 Å². The lowest BCUT2D eigenvalue weighted by molar-refractivity contribution is -0.144. The highest BCUT2D eigenvalue weighted by molar-refractivity contribution is 5.79. The number of aromatic nitrogens is 1. The minimum atomic E-state index is -0.894. The van der Waals surface area contributed by atoms with Crippen LogP contribution in [0.3, 0.4) is 0 Å². The summed E-state index contributed by atoms with van der Waals surface area (Å²) in [6.07, 6.45) is 13.2. The number of ketones is 1. The van der Waals surface area contributed by atoms with Crippen LogP contribution in [0.25, 0.3) is 0 Å². The number of carbonyl (C=O) groups is 1. The number of hydrogen-bond donors (Lipinski definition) is 1. The Morgan fingerprint density at radius 2 is 1.82 bits per heavy atom. The number of nitrogens with zero attached hydrogens (tertiary/aromatic N) is 1.